The Labute approximate surface area is 112 Å². The summed E-state index contributed by atoms with van der Waals surface area (Å²) in [5, 5.41) is 2.47. The van der Waals surface area contributed by atoms with E-state index < -0.39 is 5.97 Å². The molecule has 0 spiro atoms. The van der Waals surface area contributed by atoms with Gasteiger partial charge in [-0.3, -0.25) is 9.59 Å². The zero-order chi connectivity index (χ0) is 14.3. The zero-order valence-corrected chi connectivity index (χ0v) is 10.9. The van der Waals surface area contributed by atoms with Crippen molar-refractivity contribution >= 4 is 11.9 Å². The highest BCUT2D eigenvalue weighted by Crippen LogP contribution is 2.10. The number of amides is 1. The second kappa shape index (κ2) is 7.19. The van der Waals surface area contributed by atoms with Crippen molar-refractivity contribution in [1.29, 1.82) is 0 Å². The monoisotopic (exact) mass is 260 g/mol. The van der Waals surface area contributed by atoms with Gasteiger partial charge in [0.1, 0.15) is 6.54 Å². The number of esters is 1. The fourth-order valence-electron chi connectivity index (χ4n) is 1.37. The lowest BCUT2D eigenvalue weighted by Gasteiger charge is -2.05. The molecule has 0 heterocycles. The number of ether oxygens (including phenoxy) is 1. The number of carbonyl (C=O) groups excluding carboxylic acids is 2. The van der Waals surface area contributed by atoms with Gasteiger partial charge in [-0.1, -0.05) is 17.9 Å². The molecule has 1 aromatic rings. The molecular formula is C14H16N2O3. The van der Waals surface area contributed by atoms with Gasteiger partial charge in [-0.05, 0) is 24.6 Å². The maximum atomic E-state index is 11.8. The number of benzene rings is 1. The normalized spacial score (nSPS) is 9.21. The third kappa shape index (κ3) is 4.45. The number of carbonyl (C=O) groups is 2. The Bertz CT molecular complexity index is 541. The highest BCUT2D eigenvalue weighted by molar-refractivity contribution is 5.96. The molecule has 1 rings (SSSR count). The molecule has 0 aliphatic rings. The first-order chi connectivity index (χ1) is 9.08. The first-order valence-corrected chi connectivity index (χ1v) is 5.73. The number of hydrogen-bond donors (Lipinski definition) is 2. The summed E-state index contributed by atoms with van der Waals surface area (Å²) in [6, 6.07) is 5.15. The van der Waals surface area contributed by atoms with Crippen LogP contribution in [0.15, 0.2) is 18.2 Å². The molecule has 0 bridgehead atoms. The Morgan fingerprint density at radius 2 is 2.16 bits per heavy atom. The van der Waals surface area contributed by atoms with E-state index in [4.69, 9.17) is 5.73 Å². The molecule has 0 atom stereocenters. The minimum Gasteiger partial charge on any atom is -0.468 e. The maximum Gasteiger partial charge on any atom is 0.325 e. The van der Waals surface area contributed by atoms with E-state index in [1.807, 2.05) is 6.92 Å². The van der Waals surface area contributed by atoms with Crippen LogP contribution in [-0.4, -0.2) is 32.1 Å². The third-order valence-electron chi connectivity index (χ3n) is 2.45. The van der Waals surface area contributed by atoms with Crippen LogP contribution in [0.5, 0.6) is 0 Å². The quantitative estimate of drug-likeness (QED) is 0.601. The van der Waals surface area contributed by atoms with Gasteiger partial charge in [-0.15, -0.1) is 0 Å². The largest absolute Gasteiger partial charge is 0.468 e. The van der Waals surface area contributed by atoms with Gasteiger partial charge in [-0.2, -0.15) is 0 Å². The molecule has 3 N–H and O–H groups in total. The minimum absolute atomic E-state index is 0.160. The summed E-state index contributed by atoms with van der Waals surface area (Å²) in [6.07, 6.45) is 0. The Kier molecular flexibility index (Phi) is 5.58. The predicted octanol–water partition coefficient (Wildman–Crippen LogP) is 0.208. The minimum atomic E-state index is -0.497. The van der Waals surface area contributed by atoms with Crippen molar-refractivity contribution in [2.75, 3.05) is 20.2 Å². The Hall–Kier alpha value is -2.32. The van der Waals surface area contributed by atoms with Gasteiger partial charge in [0.25, 0.3) is 5.91 Å². The maximum absolute atomic E-state index is 11.8. The molecule has 1 aromatic carbocycles. The van der Waals surface area contributed by atoms with Crippen molar-refractivity contribution in [3.63, 3.8) is 0 Å². The van der Waals surface area contributed by atoms with Crippen LogP contribution in [0, 0.1) is 18.8 Å². The van der Waals surface area contributed by atoms with Crippen molar-refractivity contribution in [2.24, 2.45) is 5.73 Å². The molecule has 1 amide bonds. The van der Waals surface area contributed by atoms with E-state index in [2.05, 4.69) is 21.9 Å². The number of hydrogen-bond acceptors (Lipinski definition) is 4. The van der Waals surface area contributed by atoms with Crippen molar-refractivity contribution < 1.29 is 14.3 Å². The fourth-order valence-corrected chi connectivity index (χ4v) is 1.37. The van der Waals surface area contributed by atoms with Crippen molar-refractivity contribution in [3.8, 4) is 11.8 Å². The van der Waals surface area contributed by atoms with Crippen LogP contribution in [0.4, 0.5) is 0 Å². The summed E-state index contributed by atoms with van der Waals surface area (Å²) < 4.78 is 4.44. The van der Waals surface area contributed by atoms with E-state index in [9.17, 15) is 9.59 Å². The number of aryl methyl sites for hydroxylation is 1. The van der Waals surface area contributed by atoms with Crippen LogP contribution in [-0.2, 0) is 9.53 Å². The van der Waals surface area contributed by atoms with Gasteiger partial charge in [0.05, 0.1) is 13.7 Å². The van der Waals surface area contributed by atoms with Gasteiger partial charge in [0.2, 0.25) is 0 Å². The molecule has 5 heteroatoms. The summed E-state index contributed by atoms with van der Waals surface area (Å²) in [7, 11) is 1.26. The van der Waals surface area contributed by atoms with Crippen LogP contribution in [0.25, 0.3) is 0 Å². The molecule has 0 saturated carbocycles. The average Bonchev–Trinajstić information content (AvgIpc) is 2.43. The van der Waals surface area contributed by atoms with E-state index in [1.165, 1.54) is 7.11 Å². The topological polar surface area (TPSA) is 81.4 Å². The van der Waals surface area contributed by atoms with Gasteiger partial charge in [0.15, 0.2) is 0 Å². The number of nitrogens with two attached hydrogens (primary N) is 1. The van der Waals surface area contributed by atoms with E-state index in [1.54, 1.807) is 18.2 Å². The van der Waals surface area contributed by atoms with Gasteiger partial charge >= 0.3 is 5.97 Å². The Balaban J connectivity index is 2.83. The molecule has 19 heavy (non-hydrogen) atoms. The first-order valence-electron chi connectivity index (χ1n) is 5.73. The first kappa shape index (κ1) is 14.7. The van der Waals surface area contributed by atoms with Crippen LogP contribution >= 0.6 is 0 Å². The highest BCUT2D eigenvalue weighted by atomic mass is 16.5. The molecule has 0 aromatic heterocycles. The molecule has 5 nitrogen and oxygen atoms in total. The average molecular weight is 260 g/mol. The van der Waals surface area contributed by atoms with Crippen LogP contribution in [0.2, 0.25) is 0 Å². The molecule has 0 saturated heterocycles. The molecular weight excluding hydrogens is 244 g/mol. The SMILES string of the molecule is COC(=O)CNC(=O)c1ccc(C)c(C#CCN)c1. The predicted molar refractivity (Wildman–Crippen MR) is 71.5 cm³/mol. The second-order valence-corrected chi connectivity index (χ2v) is 3.79. The van der Waals surface area contributed by atoms with Crippen LogP contribution in [0.1, 0.15) is 21.5 Å². The lowest BCUT2D eigenvalue weighted by atomic mass is 10.0. The van der Waals surface area contributed by atoms with Gasteiger partial charge < -0.3 is 15.8 Å². The second-order valence-electron chi connectivity index (χ2n) is 3.79. The Morgan fingerprint density at radius 1 is 1.42 bits per heavy atom. The van der Waals surface area contributed by atoms with Crippen molar-refractivity contribution in [3.05, 3.63) is 34.9 Å². The number of methoxy groups -OCH3 is 1. The van der Waals surface area contributed by atoms with E-state index in [0.29, 0.717) is 5.56 Å². The zero-order valence-electron chi connectivity index (χ0n) is 10.9. The number of nitrogens with one attached hydrogen (secondary N) is 1. The summed E-state index contributed by atoms with van der Waals surface area (Å²) in [5.74, 6) is 4.80. The Morgan fingerprint density at radius 3 is 2.79 bits per heavy atom. The van der Waals surface area contributed by atoms with Crippen LogP contribution < -0.4 is 11.1 Å². The molecule has 0 fully saturated rings. The lowest BCUT2D eigenvalue weighted by Crippen LogP contribution is -2.30. The summed E-state index contributed by atoms with van der Waals surface area (Å²) in [4.78, 5) is 22.7. The lowest BCUT2D eigenvalue weighted by molar-refractivity contribution is -0.139. The molecule has 0 aliphatic heterocycles. The van der Waals surface area contributed by atoms with Gasteiger partial charge in [0, 0.05) is 11.1 Å². The van der Waals surface area contributed by atoms with Crippen LogP contribution in [0.3, 0.4) is 0 Å². The van der Waals surface area contributed by atoms with E-state index in [-0.39, 0.29) is 19.0 Å². The standard InChI is InChI=1S/C14H16N2O3/c1-10-5-6-12(8-11(10)4-3-7-15)14(18)16-9-13(17)19-2/h5-6,8H,7,9,15H2,1-2H3,(H,16,18). The summed E-state index contributed by atoms with van der Waals surface area (Å²) in [5.41, 5.74) is 7.47. The summed E-state index contributed by atoms with van der Waals surface area (Å²) >= 11 is 0. The fraction of sp³-hybridized carbons (Fsp3) is 0.286. The van der Waals surface area contributed by atoms with Gasteiger partial charge in [-0.25, -0.2) is 0 Å². The number of rotatable bonds is 3. The van der Waals surface area contributed by atoms with Crippen molar-refractivity contribution in [1.82, 2.24) is 5.32 Å². The molecule has 0 radical (unpaired) electrons. The van der Waals surface area contributed by atoms with E-state index in [0.717, 1.165) is 11.1 Å². The molecule has 0 unspecified atom stereocenters. The summed E-state index contributed by atoms with van der Waals surface area (Å²) in [6.45, 7) is 2.00. The smallest absolute Gasteiger partial charge is 0.325 e. The molecule has 100 valence electrons. The highest BCUT2D eigenvalue weighted by Gasteiger charge is 2.09. The van der Waals surface area contributed by atoms with Crippen molar-refractivity contribution in [2.45, 2.75) is 6.92 Å². The van der Waals surface area contributed by atoms with E-state index >= 15 is 0 Å². The molecule has 0 aliphatic carbocycles. The third-order valence-corrected chi connectivity index (χ3v) is 2.45.